The molecule has 0 radical (unpaired) electrons. The first-order valence-corrected chi connectivity index (χ1v) is 7.45. The molecule has 4 heteroatoms. The van der Waals surface area contributed by atoms with Gasteiger partial charge in [-0.05, 0) is 29.8 Å². The molecule has 0 atom stereocenters. The van der Waals surface area contributed by atoms with Crippen molar-refractivity contribution in [1.29, 1.82) is 5.26 Å². The number of nitrogens with zero attached hydrogens (tertiary/aromatic N) is 1. The number of allylic oxidation sites excluding steroid dienone is 1. The number of benzene rings is 2. The van der Waals surface area contributed by atoms with Crippen LogP contribution < -0.4 is 0 Å². The van der Waals surface area contributed by atoms with Gasteiger partial charge >= 0.3 is 0 Å². The maximum atomic E-state index is 13.2. The molecule has 0 saturated heterocycles. The number of hydrogen-bond donors (Lipinski definition) is 0. The summed E-state index contributed by atoms with van der Waals surface area (Å²) in [5.74, 6) is -0.747. The normalized spacial score (nSPS) is 11.4. The molecule has 0 aliphatic carbocycles. The Morgan fingerprint density at radius 1 is 1.18 bits per heavy atom. The average molecular weight is 307 g/mol. The number of nitriles is 1. The summed E-state index contributed by atoms with van der Waals surface area (Å²) < 4.78 is 14.2. The molecule has 1 aromatic heterocycles. The first-order valence-electron chi connectivity index (χ1n) is 6.57. The SMILES string of the molecule is N#CC(=Cc1cccc(F)c1)C(=O)c1csc2ccccc12. The maximum Gasteiger partial charge on any atom is 0.205 e. The van der Waals surface area contributed by atoms with E-state index in [2.05, 4.69) is 0 Å². The number of fused-ring (bicyclic) bond motifs is 1. The van der Waals surface area contributed by atoms with E-state index in [0.717, 1.165) is 10.1 Å². The molecule has 0 aliphatic heterocycles. The van der Waals surface area contributed by atoms with Crippen LogP contribution in [0.5, 0.6) is 0 Å². The highest BCUT2D eigenvalue weighted by Crippen LogP contribution is 2.27. The summed E-state index contributed by atoms with van der Waals surface area (Å²) in [6, 6.07) is 15.3. The molecule has 0 aliphatic rings. The van der Waals surface area contributed by atoms with Crippen molar-refractivity contribution >= 4 is 33.3 Å². The molecular formula is C18H10FNOS. The second-order valence-electron chi connectivity index (χ2n) is 4.70. The summed E-state index contributed by atoms with van der Waals surface area (Å²) in [7, 11) is 0. The summed E-state index contributed by atoms with van der Waals surface area (Å²) >= 11 is 1.46. The molecule has 0 amide bonds. The van der Waals surface area contributed by atoms with Gasteiger partial charge in [0.25, 0.3) is 0 Å². The molecule has 2 aromatic carbocycles. The van der Waals surface area contributed by atoms with Gasteiger partial charge in [0.15, 0.2) is 0 Å². The fourth-order valence-electron chi connectivity index (χ4n) is 2.21. The zero-order valence-corrected chi connectivity index (χ0v) is 12.2. The van der Waals surface area contributed by atoms with Gasteiger partial charge in [-0.25, -0.2) is 4.39 Å². The highest BCUT2D eigenvalue weighted by molar-refractivity contribution is 7.17. The van der Waals surface area contributed by atoms with Gasteiger partial charge in [0.1, 0.15) is 17.5 Å². The smallest absolute Gasteiger partial charge is 0.205 e. The molecule has 0 unspecified atom stereocenters. The first-order chi connectivity index (χ1) is 10.7. The fraction of sp³-hybridized carbons (Fsp3) is 0. The van der Waals surface area contributed by atoms with E-state index >= 15 is 0 Å². The Morgan fingerprint density at radius 2 is 2.00 bits per heavy atom. The summed E-state index contributed by atoms with van der Waals surface area (Å²) in [6.07, 6.45) is 1.41. The number of thiophene rings is 1. The zero-order valence-electron chi connectivity index (χ0n) is 11.4. The predicted molar refractivity (Wildman–Crippen MR) is 86.1 cm³/mol. The van der Waals surface area contributed by atoms with E-state index in [-0.39, 0.29) is 11.4 Å². The minimum absolute atomic E-state index is 0.00541. The van der Waals surface area contributed by atoms with E-state index in [1.54, 1.807) is 17.5 Å². The lowest BCUT2D eigenvalue weighted by Gasteiger charge is -1.99. The van der Waals surface area contributed by atoms with Crippen LogP contribution in [0.4, 0.5) is 4.39 Å². The molecule has 3 rings (SSSR count). The summed E-state index contributed by atoms with van der Waals surface area (Å²) in [4.78, 5) is 12.6. The van der Waals surface area contributed by atoms with E-state index in [0.29, 0.717) is 11.1 Å². The van der Waals surface area contributed by atoms with Crippen LogP contribution in [0.25, 0.3) is 16.2 Å². The van der Waals surface area contributed by atoms with Crippen molar-refractivity contribution in [3.63, 3.8) is 0 Å². The molecule has 0 fully saturated rings. The maximum absolute atomic E-state index is 13.2. The van der Waals surface area contributed by atoms with Crippen molar-refractivity contribution in [2.75, 3.05) is 0 Å². The van der Waals surface area contributed by atoms with Gasteiger partial charge in [-0.15, -0.1) is 11.3 Å². The van der Waals surface area contributed by atoms with Gasteiger partial charge in [0.2, 0.25) is 5.78 Å². The second kappa shape index (κ2) is 5.92. The van der Waals surface area contributed by atoms with Crippen LogP contribution >= 0.6 is 11.3 Å². The van der Waals surface area contributed by atoms with E-state index in [4.69, 9.17) is 0 Å². The van der Waals surface area contributed by atoms with Crippen LogP contribution in [-0.2, 0) is 0 Å². The lowest BCUT2D eigenvalue weighted by Crippen LogP contribution is -2.00. The number of Topliss-reactive ketones (excluding diaryl/α,β-unsaturated/α-hetero) is 1. The summed E-state index contributed by atoms with van der Waals surface area (Å²) in [5.41, 5.74) is 0.989. The number of halogens is 1. The first kappa shape index (κ1) is 14.2. The Morgan fingerprint density at radius 3 is 2.77 bits per heavy atom. The molecule has 2 nitrogen and oxygen atoms in total. The molecule has 0 bridgehead atoms. The Hall–Kier alpha value is -2.77. The van der Waals surface area contributed by atoms with E-state index in [1.807, 2.05) is 30.3 Å². The van der Waals surface area contributed by atoms with Crippen LogP contribution in [-0.4, -0.2) is 5.78 Å². The number of carbonyl (C=O) groups excluding carboxylic acids is 1. The van der Waals surface area contributed by atoms with Crippen LogP contribution in [0.2, 0.25) is 0 Å². The minimum Gasteiger partial charge on any atom is -0.288 e. The predicted octanol–water partition coefficient (Wildman–Crippen LogP) is 4.83. The lowest BCUT2D eigenvalue weighted by molar-refractivity contribution is 0.104. The number of carbonyl (C=O) groups is 1. The van der Waals surface area contributed by atoms with Gasteiger partial charge in [0.05, 0.1) is 0 Å². The van der Waals surface area contributed by atoms with Crippen molar-refractivity contribution in [2.45, 2.75) is 0 Å². The molecule has 1 heterocycles. The van der Waals surface area contributed by atoms with Crippen molar-refractivity contribution in [3.8, 4) is 6.07 Å². The Balaban J connectivity index is 2.04. The monoisotopic (exact) mass is 307 g/mol. The van der Waals surface area contributed by atoms with Gasteiger partial charge in [-0.3, -0.25) is 4.79 Å². The summed E-state index contributed by atoms with van der Waals surface area (Å²) in [6.45, 7) is 0. The molecule has 3 aromatic rings. The lowest BCUT2D eigenvalue weighted by atomic mass is 10.0. The van der Waals surface area contributed by atoms with E-state index in [1.165, 1.54) is 29.5 Å². The number of rotatable bonds is 3. The molecular weight excluding hydrogens is 297 g/mol. The molecule has 0 spiro atoms. The van der Waals surface area contributed by atoms with Gasteiger partial charge in [-0.1, -0.05) is 30.3 Å². The van der Waals surface area contributed by atoms with Gasteiger partial charge in [0, 0.05) is 21.0 Å². The molecule has 22 heavy (non-hydrogen) atoms. The van der Waals surface area contributed by atoms with Crippen molar-refractivity contribution < 1.29 is 9.18 Å². The highest BCUT2D eigenvalue weighted by Gasteiger charge is 2.16. The van der Waals surface area contributed by atoms with Crippen molar-refractivity contribution in [1.82, 2.24) is 0 Å². The fourth-order valence-corrected chi connectivity index (χ4v) is 3.15. The quantitative estimate of drug-likeness (QED) is 0.395. The Kier molecular flexibility index (Phi) is 3.82. The van der Waals surface area contributed by atoms with Gasteiger partial charge < -0.3 is 0 Å². The summed E-state index contributed by atoms with van der Waals surface area (Å²) in [5, 5.41) is 11.9. The largest absolute Gasteiger partial charge is 0.288 e. The Labute approximate surface area is 130 Å². The Bertz CT molecular complexity index is 933. The number of ketones is 1. The van der Waals surface area contributed by atoms with E-state index in [9.17, 15) is 14.4 Å². The third-order valence-corrected chi connectivity index (χ3v) is 4.21. The number of hydrogen-bond acceptors (Lipinski definition) is 3. The van der Waals surface area contributed by atoms with Crippen LogP contribution in [0, 0.1) is 17.1 Å². The van der Waals surface area contributed by atoms with Crippen LogP contribution in [0.1, 0.15) is 15.9 Å². The molecule has 106 valence electrons. The minimum atomic E-state index is -0.403. The standard InChI is InChI=1S/C18H10FNOS/c19-14-5-3-4-12(9-14)8-13(10-20)18(21)16-11-22-17-7-2-1-6-15(16)17/h1-9,11H. The van der Waals surface area contributed by atoms with Gasteiger partial charge in [-0.2, -0.15) is 5.26 Å². The second-order valence-corrected chi connectivity index (χ2v) is 5.61. The van der Waals surface area contributed by atoms with Crippen molar-refractivity contribution in [3.05, 3.63) is 76.4 Å². The third kappa shape index (κ3) is 2.67. The molecule has 0 N–H and O–H groups in total. The topological polar surface area (TPSA) is 40.9 Å². The van der Waals surface area contributed by atoms with Crippen LogP contribution in [0.3, 0.4) is 0 Å². The molecule has 0 saturated carbocycles. The average Bonchev–Trinajstić information content (AvgIpc) is 2.96. The van der Waals surface area contributed by atoms with Crippen LogP contribution in [0.15, 0.2) is 59.5 Å². The zero-order chi connectivity index (χ0) is 15.5. The highest BCUT2D eigenvalue weighted by atomic mass is 32.1. The van der Waals surface area contributed by atoms with Crippen molar-refractivity contribution in [2.24, 2.45) is 0 Å². The third-order valence-electron chi connectivity index (χ3n) is 3.25. The van der Waals surface area contributed by atoms with E-state index < -0.39 is 5.82 Å².